The summed E-state index contributed by atoms with van der Waals surface area (Å²) in [5.41, 5.74) is 0. The van der Waals surface area contributed by atoms with Crippen molar-refractivity contribution < 1.29 is 4.79 Å². The number of thioether (sulfide) groups is 1. The first-order valence-electron chi connectivity index (χ1n) is 6.02. The highest BCUT2D eigenvalue weighted by atomic mass is 32.2. The van der Waals surface area contributed by atoms with Crippen molar-refractivity contribution in [3.05, 3.63) is 30.3 Å². The molecule has 0 saturated heterocycles. The number of carbonyl (C=O) groups is 1. The van der Waals surface area contributed by atoms with Gasteiger partial charge in [0.05, 0.1) is 5.75 Å². The summed E-state index contributed by atoms with van der Waals surface area (Å²) in [4.78, 5) is 12.7. The molecule has 0 aliphatic heterocycles. The number of amides is 1. The summed E-state index contributed by atoms with van der Waals surface area (Å²) in [5, 5.41) is 6.28. The zero-order valence-corrected chi connectivity index (χ0v) is 10.6. The average Bonchev–Trinajstić information content (AvgIpc) is 3.17. The molecule has 0 aromatic heterocycles. The predicted octanol–water partition coefficient (Wildman–Crippen LogP) is 1.65. The van der Waals surface area contributed by atoms with Crippen molar-refractivity contribution in [2.75, 3.05) is 18.8 Å². The third-order valence-corrected chi connectivity index (χ3v) is 3.58. The van der Waals surface area contributed by atoms with E-state index < -0.39 is 0 Å². The maximum Gasteiger partial charge on any atom is 0.230 e. The van der Waals surface area contributed by atoms with Crippen LogP contribution >= 0.6 is 11.8 Å². The van der Waals surface area contributed by atoms with Crippen molar-refractivity contribution in [1.82, 2.24) is 10.6 Å². The van der Waals surface area contributed by atoms with Gasteiger partial charge in [-0.1, -0.05) is 18.2 Å². The lowest BCUT2D eigenvalue weighted by atomic mass is 10.4. The third-order valence-electron chi connectivity index (χ3n) is 2.57. The molecular weight excluding hydrogens is 232 g/mol. The molecule has 2 rings (SSSR count). The molecule has 1 aliphatic carbocycles. The molecule has 4 heteroatoms. The number of hydrogen-bond donors (Lipinski definition) is 2. The van der Waals surface area contributed by atoms with Crippen LogP contribution in [0.4, 0.5) is 0 Å². The van der Waals surface area contributed by atoms with E-state index >= 15 is 0 Å². The highest BCUT2D eigenvalue weighted by Crippen LogP contribution is 2.18. The molecule has 1 aliphatic rings. The van der Waals surface area contributed by atoms with Crippen LogP contribution in [0.1, 0.15) is 12.8 Å². The average molecular weight is 250 g/mol. The van der Waals surface area contributed by atoms with E-state index in [1.165, 1.54) is 12.8 Å². The normalized spacial score (nSPS) is 14.6. The Labute approximate surface area is 106 Å². The van der Waals surface area contributed by atoms with Crippen molar-refractivity contribution in [1.29, 1.82) is 0 Å². The van der Waals surface area contributed by atoms with Gasteiger partial charge in [0.2, 0.25) is 5.91 Å². The summed E-state index contributed by atoms with van der Waals surface area (Å²) < 4.78 is 0. The van der Waals surface area contributed by atoms with E-state index in [4.69, 9.17) is 0 Å². The SMILES string of the molecule is O=C(CSc1ccccc1)NCCNC1CC1. The fourth-order valence-electron chi connectivity index (χ4n) is 1.48. The van der Waals surface area contributed by atoms with Gasteiger partial charge in [-0.05, 0) is 25.0 Å². The summed E-state index contributed by atoms with van der Waals surface area (Å²) in [7, 11) is 0. The minimum Gasteiger partial charge on any atom is -0.354 e. The van der Waals surface area contributed by atoms with E-state index in [9.17, 15) is 4.79 Å². The maximum absolute atomic E-state index is 11.5. The number of rotatable bonds is 7. The van der Waals surface area contributed by atoms with Gasteiger partial charge in [-0.3, -0.25) is 4.79 Å². The van der Waals surface area contributed by atoms with E-state index in [1.807, 2.05) is 30.3 Å². The summed E-state index contributed by atoms with van der Waals surface area (Å²) in [6.45, 7) is 1.61. The summed E-state index contributed by atoms with van der Waals surface area (Å²) >= 11 is 1.57. The van der Waals surface area contributed by atoms with Crippen molar-refractivity contribution in [3.63, 3.8) is 0 Å². The third kappa shape index (κ3) is 5.24. The maximum atomic E-state index is 11.5. The number of nitrogens with one attached hydrogen (secondary N) is 2. The molecule has 1 amide bonds. The highest BCUT2D eigenvalue weighted by Gasteiger charge is 2.19. The van der Waals surface area contributed by atoms with Crippen LogP contribution in [0.5, 0.6) is 0 Å². The Morgan fingerprint density at radius 1 is 1.24 bits per heavy atom. The first-order chi connectivity index (χ1) is 8.34. The number of benzene rings is 1. The molecule has 0 spiro atoms. The molecule has 1 aromatic rings. The van der Waals surface area contributed by atoms with Crippen LogP contribution in [-0.4, -0.2) is 30.8 Å². The molecule has 0 unspecified atom stereocenters. The van der Waals surface area contributed by atoms with E-state index in [2.05, 4.69) is 10.6 Å². The summed E-state index contributed by atoms with van der Waals surface area (Å²) in [6, 6.07) is 10.7. The topological polar surface area (TPSA) is 41.1 Å². The smallest absolute Gasteiger partial charge is 0.230 e. The quantitative estimate of drug-likeness (QED) is 0.571. The van der Waals surface area contributed by atoms with Gasteiger partial charge in [0.15, 0.2) is 0 Å². The number of hydrogen-bond acceptors (Lipinski definition) is 3. The lowest BCUT2D eigenvalue weighted by Crippen LogP contribution is -2.33. The van der Waals surface area contributed by atoms with E-state index in [0.29, 0.717) is 11.8 Å². The Hall–Kier alpha value is -1.00. The predicted molar refractivity (Wildman–Crippen MR) is 71.2 cm³/mol. The largest absolute Gasteiger partial charge is 0.354 e. The van der Waals surface area contributed by atoms with Crippen molar-refractivity contribution >= 4 is 17.7 Å². The van der Waals surface area contributed by atoms with Gasteiger partial charge in [0.1, 0.15) is 0 Å². The first kappa shape index (κ1) is 12.5. The first-order valence-corrected chi connectivity index (χ1v) is 7.01. The second-order valence-corrected chi connectivity index (χ2v) is 5.23. The van der Waals surface area contributed by atoms with E-state index in [0.717, 1.165) is 18.0 Å². The van der Waals surface area contributed by atoms with Gasteiger partial charge in [-0.25, -0.2) is 0 Å². The molecular formula is C13H18N2OS. The fourth-order valence-corrected chi connectivity index (χ4v) is 2.23. The van der Waals surface area contributed by atoms with E-state index in [-0.39, 0.29) is 5.91 Å². The van der Waals surface area contributed by atoms with Crippen molar-refractivity contribution in [2.24, 2.45) is 0 Å². The number of carbonyl (C=O) groups excluding carboxylic acids is 1. The lowest BCUT2D eigenvalue weighted by Gasteiger charge is -2.05. The fraction of sp³-hybridized carbons (Fsp3) is 0.462. The lowest BCUT2D eigenvalue weighted by molar-refractivity contribution is -0.118. The van der Waals surface area contributed by atoms with Gasteiger partial charge < -0.3 is 10.6 Å². The van der Waals surface area contributed by atoms with Crippen molar-refractivity contribution in [2.45, 2.75) is 23.8 Å². The zero-order chi connectivity index (χ0) is 11.9. The van der Waals surface area contributed by atoms with Crippen LogP contribution in [0.2, 0.25) is 0 Å². The van der Waals surface area contributed by atoms with Crippen LogP contribution in [0, 0.1) is 0 Å². The van der Waals surface area contributed by atoms with Crippen LogP contribution in [0.15, 0.2) is 35.2 Å². The molecule has 0 radical (unpaired) electrons. The minimum absolute atomic E-state index is 0.108. The summed E-state index contributed by atoms with van der Waals surface area (Å²) in [5.74, 6) is 0.601. The second-order valence-electron chi connectivity index (χ2n) is 4.18. The van der Waals surface area contributed by atoms with Gasteiger partial charge in [0.25, 0.3) is 0 Å². The second kappa shape index (κ2) is 6.67. The Morgan fingerprint density at radius 3 is 2.71 bits per heavy atom. The molecule has 17 heavy (non-hydrogen) atoms. The van der Waals surface area contributed by atoms with Crippen LogP contribution < -0.4 is 10.6 Å². The van der Waals surface area contributed by atoms with Crippen molar-refractivity contribution in [3.8, 4) is 0 Å². The summed E-state index contributed by atoms with van der Waals surface area (Å²) in [6.07, 6.45) is 2.58. The Balaban J connectivity index is 1.54. The molecule has 0 heterocycles. The Kier molecular flexibility index (Phi) is 4.88. The molecule has 92 valence electrons. The van der Waals surface area contributed by atoms with Crippen LogP contribution in [-0.2, 0) is 4.79 Å². The Morgan fingerprint density at radius 2 is 2.00 bits per heavy atom. The molecule has 1 fully saturated rings. The Bertz CT molecular complexity index is 352. The molecule has 3 nitrogen and oxygen atoms in total. The van der Waals surface area contributed by atoms with Gasteiger partial charge >= 0.3 is 0 Å². The van der Waals surface area contributed by atoms with Gasteiger partial charge in [-0.15, -0.1) is 11.8 Å². The monoisotopic (exact) mass is 250 g/mol. The zero-order valence-electron chi connectivity index (χ0n) is 9.82. The van der Waals surface area contributed by atoms with Crippen LogP contribution in [0.25, 0.3) is 0 Å². The minimum atomic E-state index is 0.108. The van der Waals surface area contributed by atoms with Gasteiger partial charge in [-0.2, -0.15) is 0 Å². The highest BCUT2D eigenvalue weighted by molar-refractivity contribution is 8.00. The van der Waals surface area contributed by atoms with E-state index in [1.54, 1.807) is 11.8 Å². The molecule has 1 aromatic carbocycles. The van der Waals surface area contributed by atoms with Gasteiger partial charge in [0, 0.05) is 24.0 Å². The van der Waals surface area contributed by atoms with Crippen LogP contribution in [0.3, 0.4) is 0 Å². The molecule has 0 bridgehead atoms. The molecule has 0 atom stereocenters. The standard InChI is InChI=1S/C13H18N2OS/c16-13(15-9-8-14-11-6-7-11)10-17-12-4-2-1-3-5-12/h1-5,11,14H,6-10H2,(H,15,16). The molecule has 2 N–H and O–H groups in total. The molecule has 1 saturated carbocycles.